The first kappa shape index (κ1) is 27.5. The summed E-state index contributed by atoms with van der Waals surface area (Å²) in [5.41, 5.74) is 10.3. The highest BCUT2D eigenvalue weighted by molar-refractivity contribution is 6.21. The van der Waals surface area contributed by atoms with E-state index < -0.39 is 0 Å². The van der Waals surface area contributed by atoms with Crippen LogP contribution in [0.15, 0.2) is 174 Å². The summed E-state index contributed by atoms with van der Waals surface area (Å²) in [6.07, 6.45) is 0. The van der Waals surface area contributed by atoms with Gasteiger partial charge in [-0.1, -0.05) is 140 Å². The van der Waals surface area contributed by atoms with Crippen molar-refractivity contribution in [3.05, 3.63) is 170 Å². The van der Waals surface area contributed by atoms with Gasteiger partial charge in [0, 0.05) is 32.7 Å². The van der Waals surface area contributed by atoms with Crippen molar-refractivity contribution in [3.63, 3.8) is 0 Å². The molecule has 0 atom stereocenters. The van der Waals surface area contributed by atoms with E-state index in [1.807, 2.05) is 24.3 Å². The predicted molar refractivity (Wildman–Crippen MR) is 204 cm³/mol. The first-order valence-electron chi connectivity index (χ1n) is 16.6. The Bertz CT molecular complexity index is 2860. The van der Waals surface area contributed by atoms with Crippen molar-refractivity contribution in [2.24, 2.45) is 0 Å². The van der Waals surface area contributed by atoms with Gasteiger partial charge in [-0.2, -0.15) is 0 Å². The third-order valence-corrected chi connectivity index (χ3v) is 9.67. The maximum Gasteiger partial charge on any atom is 0.160 e. The van der Waals surface area contributed by atoms with Crippen LogP contribution in [0, 0.1) is 0 Å². The summed E-state index contributed by atoms with van der Waals surface area (Å²) in [6.45, 7) is 0. The van der Waals surface area contributed by atoms with Crippen molar-refractivity contribution >= 4 is 54.4 Å². The van der Waals surface area contributed by atoms with E-state index >= 15 is 0 Å². The van der Waals surface area contributed by atoms with E-state index in [0.29, 0.717) is 5.82 Å². The molecule has 0 radical (unpaired) electrons. The van der Waals surface area contributed by atoms with Crippen molar-refractivity contribution in [1.29, 1.82) is 0 Å². The molecule has 0 aliphatic carbocycles. The van der Waals surface area contributed by atoms with Gasteiger partial charge in [-0.15, -0.1) is 0 Å². The second-order valence-electron chi connectivity index (χ2n) is 12.5. The number of fused-ring (bicyclic) bond motifs is 7. The van der Waals surface area contributed by atoms with E-state index in [4.69, 9.17) is 14.4 Å². The Hall–Kier alpha value is -6.58. The fourth-order valence-corrected chi connectivity index (χ4v) is 7.31. The molecule has 3 heteroatoms. The van der Waals surface area contributed by atoms with Crippen LogP contribution in [0.5, 0.6) is 0 Å². The SMILES string of the molecule is c1ccc(-c2nc(-c3ccc4oc5c6ccccc6cc(-c6ccc(-c7cccc8ccccc78)cc6)c5c4c3)c3ccccc3n2)cc1. The predicted octanol–water partition coefficient (Wildman–Crippen LogP) is 12.5. The molecule has 0 unspecified atom stereocenters. The molecule has 0 N–H and O–H groups in total. The van der Waals surface area contributed by atoms with Gasteiger partial charge in [-0.05, 0) is 68.7 Å². The summed E-state index contributed by atoms with van der Waals surface area (Å²) in [7, 11) is 0. The van der Waals surface area contributed by atoms with Gasteiger partial charge in [-0.25, -0.2) is 9.97 Å². The van der Waals surface area contributed by atoms with E-state index in [-0.39, 0.29) is 0 Å². The van der Waals surface area contributed by atoms with Crippen LogP contribution in [0.1, 0.15) is 0 Å². The molecular weight excluding hydrogens is 597 g/mol. The molecule has 0 saturated heterocycles. The lowest BCUT2D eigenvalue weighted by Gasteiger charge is -2.11. The van der Waals surface area contributed by atoms with E-state index in [9.17, 15) is 0 Å². The molecule has 49 heavy (non-hydrogen) atoms. The van der Waals surface area contributed by atoms with Gasteiger partial charge >= 0.3 is 0 Å². The molecular formula is C46H28N2O. The van der Waals surface area contributed by atoms with Gasteiger partial charge in [0.1, 0.15) is 11.2 Å². The smallest absolute Gasteiger partial charge is 0.160 e. The molecule has 2 heterocycles. The van der Waals surface area contributed by atoms with E-state index in [0.717, 1.165) is 71.6 Å². The van der Waals surface area contributed by atoms with E-state index in [1.54, 1.807) is 0 Å². The summed E-state index contributed by atoms with van der Waals surface area (Å²) in [5.74, 6) is 0.712. The summed E-state index contributed by atoms with van der Waals surface area (Å²) < 4.78 is 6.71. The Labute approximate surface area is 282 Å². The number of furan rings is 1. The number of rotatable bonds is 4. The van der Waals surface area contributed by atoms with Crippen LogP contribution < -0.4 is 0 Å². The minimum Gasteiger partial charge on any atom is -0.455 e. The Balaban J connectivity index is 1.19. The molecule has 0 spiro atoms. The lowest BCUT2D eigenvalue weighted by Crippen LogP contribution is -1.95. The second kappa shape index (κ2) is 11.0. The van der Waals surface area contributed by atoms with Crippen LogP contribution in [-0.4, -0.2) is 9.97 Å². The third kappa shape index (κ3) is 4.51. The quantitative estimate of drug-likeness (QED) is 0.196. The standard InChI is InChI=1S/C46H28N2O/c1-2-12-32(13-3-1)46-47-41-20-9-8-18-38(41)44(48-46)34-25-26-42-40(28-34)43-39(27-33-14-5-7-17-37(33)45(43)49-42)31-23-21-30(22-24-31)36-19-10-15-29-11-4-6-16-35(29)36/h1-28H. The number of nitrogens with zero attached hydrogens (tertiary/aromatic N) is 2. The largest absolute Gasteiger partial charge is 0.455 e. The van der Waals surface area contributed by atoms with Gasteiger partial charge in [0.25, 0.3) is 0 Å². The molecule has 228 valence electrons. The second-order valence-corrected chi connectivity index (χ2v) is 12.5. The summed E-state index contributed by atoms with van der Waals surface area (Å²) in [5, 5.41) is 7.94. The molecule has 3 nitrogen and oxygen atoms in total. The topological polar surface area (TPSA) is 38.9 Å². The van der Waals surface area contributed by atoms with Crippen molar-refractivity contribution in [1.82, 2.24) is 9.97 Å². The van der Waals surface area contributed by atoms with Gasteiger partial charge in [0.15, 0.2) is 5.82 Å². The van der Waals surface area contributed by atoms with Crippen LogP contribution in [0.25, 0.3) is 99.3 Å². The van der Waals surface area contributed by atoms with Crippen molar-refractivity contribution in [2.75, 3.05) is 0 Å². The van der Waals surface area contributed by atoms with Crippen LogP contribution in [0.4, 0.5) is 0 Å². The van der Waals surface area contributed by atoms with Gasteiger partial charge in [0.2, 0.25) is 0 Å². The average Bonchev–Trinajstić information content (AvgIpc) is 3.57. The fourth-order valence-electron chi connectivity index (χ4n) is 7.31. The lowest BCUT2D eigenvalue weighted by molar-refractivity contribution is 0.673. The third-order valence-electron chi connectivity index (χ3n) is 9.67. The maximum atomic E-state index is 6.71. The molecule has 10 rings (SSSR count). The number of benzene rings is 8. The minimum atomic E-state index is 0.712. The van der Waals surface area contributed by atoms with Gasteiger partial charge in [-0.3, -0.25) is 0 Å². The number of hydrogen-bond donors (Lipinski definition) is 0. The molecule has 8 aromatic carbocycles. The Kier molecular flexibility index (Phi) is 6.18. The normalized spacial score (nSPS) is 11.7. The van der Waals surface area contributed by atoms with Crippen molar-refractivity contribution in [2.45, 2.75) is 0 Å². The first-order valence-corrected chi connectivity index (χ1v) is 16.6. The molecule has 0 aliphatic heterocycles. The minimum absolute atomic E-state index is 0.712. The molecule has 0 bridgehead atoms. The molecule has 0 amide bonds. The Morgan fingerprint density at radius 1 is 0.388 bits per heavy atom. The van der Waals surface area contributed by atoms with Crippen LogP contribution in [-0.2, 0) is 0 Å². The molecule has 0 aliphatic rings. The van der Waals surface area contributed by atoms with Crippen LogP contribution >= 0.6 is 0 Å². The zero-order valence-corrected chi connectivity index (χ0v) is 26.5. The highest BCUT2D eigenvalue weighted by Gasteiger charge is 2.19. The molecule has 0 fully saturated rings. The Morgan fingerprint density at radius 3 is 1.88 bits per heavy atom. The maximum absolute atomic E-state index is 6.71. The number of hydrogen-bond acceptors (Lipinski definition) is 3. The molecule has 10 aromatic rings. The summed E-state index contributed by atoms with van der Waals surface area (Å²) >= 11 is 0. The van der Waals surface area contributed by atoms with Crippen molar-refractivity contribution in [3.8, 4) is 44.9 Å². The van der Waals surface area contributed by atoms with Gasteiger partial charge in [0.05, 0.1) is 11.2 Å². The number of aromatic nitrogens is 2. The molecule has 2 aromatic heterocycles. The molecule has 0 saturated carbocycles. The van der Waals surface area contributed by atoms with Gasteiger partial charge < -0.3 is 4.42 Å². The Morgan fingerprint density at radius 2 is 1.04 bits per heavy atom. The monoisotopic (exact) mass is 624 g/mol. The number of para-hydroxylation sites is 1. The average molecular weight is 625 g/mol. The highest BCUT2D eigenvalue weighted by Crippen LogP contribution is 2.43. The van der Waals surface area contributed by atoms with E-state index in [2.05, 4.69) is 146 Å². The fraction of sp³-hybridized carbons (Fsp3) is 0. The van der Waals surface area contributed by atoms with Crippen LogP contribution in [0.2, 0.25) is 0 Å². The zero-order chi connectivity index (χ0) is 32.3. The first-order chi connectivity index (χ1) is 24.3. The van der Waals surface area contributed by atoms with Crippen molar-refractivity contribution < 1.29 is 4.42 Å². The summed E-state index contributed by atoms with van der Waals surface area (Å²) in [4.78, 5) is 10.1. The van der Waals surface area contributed by atoms with E-state index in [1.165, 1.54) is 21.9 Å². The van der Waals surface area contributed by atoms with Crippen LogP contribution in [0.3, 0.4) is 0 Å². The lowest BCUT2D eigenvalue weighted by atomic mass is 9.92. The summed E-state index contributed by atoms with van der Waals surface area (Å²) in [6, 6.07) is 59.7. The zero-order valence-electron chi connectivity index (χ0n) is 26.5. The highest BCUT2D eigenvalue weighted by atomic mass is 16.3.